The van der Waals surface area contributed by atoms with E-state index in [1.807, 2.05) is 38.1 Å². The Morgan fingerprint density at radius 3 is 2.75 bits per heavy atom. The molecule has 1 unspecified atom stereocenters. The van der Waals surface area contributed by atoms with Gasteiger partial charge in [0.15, 0.2) is 0 Å². The van der Waals surface area contributed by atoms with Crippen molar-refractivity contribution in [2.45, 2.75) is 26.7 Å². The Hall–Kier alpha value is -2.04. The molecule has 0 saturated carbocycles. The van der Waals surface area contributed by atoms with Gasteiger partial charge in [0.25, 0.3) is 0 Å². The quantitative estimate of drug-likeness (QED) is 0.891. The second-order valence-electron chi connectivity index (χ2n) is 5.41. The maximum absolute atomic E-state index is 12.2. The first-order chi connectivity index (χ1) is 9.47. The number of carboxylic acid groups (broad SMARTS) is 1. The average Bonchev–Trinajstić information content (AvgIpc) is 2.84. The predicted octanol–water partition coefficient (Wildman–Crippen LogP) is 2.71. The molecule has 20 heavy (non-hydrogen) atoms. The van der Waals surface area contributed by atoms with Gasteiger partial charge in [-0.15, -0.1) is 0 Å². The highest BCUT2D eigenvalue weighted by molar-refractivity contribution is 5.90. The van der Waals surface area contributed by atoms with Gasteiger partial charge in [0.05, 0.1) is 5.41 Å². The van der Waals surface area contributed by atoms with Crippen LogP contribution in [0.5, 0.6) is 0 Å². The predicted molar refractivity (Wildman–Crippen MR) is 76.7 cm³/mol. The number of aliphatic carboxylic acids is 1. The lowest BCUT2D eigenvalue weighted by atomic mass is 9.84. The number of carboxylic acids is 1. The molecule has 1 aromatic carbocycles. The number of urea groups is 1. The van der Waals surface area contributed by atoms with E-state index in [1.165, 1.54) is 0 Å². The molecule has 1 aromatic rings. The Labute approximate surface area is 118 Å². The molecule has 0 aliphatic carbocycles. The van der Waals surface area contributed by atoms with Crippen molar-refractivity contribution in [1.82, 2.24) is 4.90 Å². The normalized spacial score (nSPS) is 21.8. The van der Waals surface area contributed by atoms with Gasteiger partial charge in [-0.1, -0.05) is 19.1 Å². The number of amides is 2. The van der Waals surface area contributed by atoms with Crippen LogP contribution in [0.15, 0.2) is 24.3 Å². The molecule has 0 radical (unpaired) electrons. The van der Waals surface area contributed by atoms with E-state index in [2.05, 4.69) is 5.32 Å². The molecule has 1 aliphatic heterocycles. The van der Waals surface area contributed by atoms with Crippen LogP contribution in [0.3, 0.4) is 0 Å². The lowest BCUT2D eigenvalue weighted by Gasteiger charge is -2.23. The third kappa shape index (κ3) is 2.76. The highest BCUT2D eigenvalue weighted by Crippen LogP contribution is 2.34. The first kappa shape index (κ1) is 14.4. The van der Waals surface area contributed by atoms with Gasteiger partial charge < -0.3 is 15.3 Å². The summed E-state index contributed by atoms with van der Waals surface area (Å²) in [7, 11) is 0. The van der Waals surface area contributed by atoms with Crippen LogP contribution in [0.4, 0.5) is 10.5 Å². The van der Waals surface area contributed by atoms with Crippen molar-refractivity contribution < 1.29 is 14.7 Å². The van der Waals surface area contributed by atoms with E-state index in [0.29, 0.717) is 19.4 Å². The first-order valence-corrected chi connectivity index (χ1v) is 6.83. The summed E-state index contributed by atoms with van der Waals surface area (Å²) in [5.41, 5.74) is 1.02. The molecule has 5 heteroatoms. The third-order valence-electron chi connectivity index (χ3n) is 4.04. The molecule has 0 aromatic heterocycles. The zero-order valence-corrected chi connectivity index (χ0v) is 11.8. The van der Waals surface area contributed by atoms with Crippen molar-refractivity contribution in [3.63, 3.8) is 0 Å². The molecule has 2 N–H and O–H groups in total. The summed E-state index contributed by atoms with van der Waals surface area (Å²) in [6.45, 7) is 4.57. The minimum Gasteiger partial charge on any atom is -0.481 e. The monoisotopic (exact) mass is 276 g/mol. The van der Waals surface area contributed by atoms with E-state index in [-0.39, 0.29) is 12.6 Å². The van der Waals surface area contributed by atoms with Crippen molar-refractivity contribution in [1.29, 1.82) is 0 Å². The maximum Gasteiger partial charge on any atom is 0.321 e. The number of nitrogens with zero attached hydrogens (tertiary/aromatic N) is 1. The molecular formula is C15H20N2O3. The van der Waals surface area contributed by atoms with Crippen molar-refractivity contribution in [3.05, 3.63) is 29.8 Å². The molecule has 0 spiro atoms. The van der Waals surface area contributed by atoms with Gasteiger partial charge in [0, 0.05) is 18.8 Å². The number of carbonyl (C=O) groups excluding carboxylic acids is 1. The molecule has 1 aliphatic rings. The lowest BCUT2D eigenvalue weighted by molar-refractivity contribution is -0.148. The number of anilines is 1. The molecule has 108 valence electrons. The number of likely N-dealkylation sites (tertiary alicyclic amines) is 1. The summed E-state index contributed by atoms with van der Waals surface area (Å²) >= 11 is 0. The molecule has 1 heterocycles. The summed E-state index contributed by atoms with van der Waals surface area (Å²) in [5, 5.41) is 12.2. The van der Waals surface area contributed by atoms with Crippen LogP contribution in [0.2, 0.25) is 0 Å². The summed E-state index contributed by atoms with van der Waals surface area (Å²) < 4.78 is 0. The van der Waals surface area contributed by atoms with E-state index >= 15 is 0 Å². The molecule has 2 rings (SSSR count). The summed E-state index contributed by atoms with van der Waals surface area (Å²) in [6.07, 6.45) is 1.05. The number of nitrogens with one attached hydrogen (secondary N) is 1. The highest BCUT2D eigenvalue weighted by atomic mass is 16.4. The Morgan fingerprint density at radius 1 is 1.45 bits per heavy atom. The summed E-state index contributed by atoms with van der Waals surface area (Å²) in [6, 6.07) is 7.32. The maximum atomic E-state index is 12.2. The SMILES string of the molecule is CCC1(C(=O)O)CCN(C(=O)Nc2cccc(C)c2)C1. The zero-order valence-electron chi connectivity index (χ0n) is 11.8. The summed E-state index contributed by atoms with van der Waals surface area (Å²) in [5.74, 6) is -0.814. The number of hydrogen-bond donors (Lipinski definition) is 2. The van der Waals surface area contributed by atoms with Crippen LogP contribution in [-0.4, -0.2) is 35.1 Å². The molecule has 1 saturated heterocycles. The minimum atomic E-state index is -0.814. The average molecular weight is 276 g/mol. The fourth-order valence-electron chi connectivity index (χ4n) is 2.59. The van der Waals surface area contributed by atoms with Crippen molar-refractivity contribution in [2.24, 2.45) is 5.41 Å². The van der Waals surface area contributed by atoms with E-state index in [4.69, 9.17) is 0 Å². The number of benzene rings is 1. The van der Waals surface area contributed by atoms with Gasteiger partial charge in [0.1, 0.15) is 0 Å². The highest BCUT2D eigenvalue weighted by Gasteiger charge is 2.44. The number of rotatable bonds is 3. The van der Waals surface area contributed by atoms with Gasteiger partial charge in [-0.3, -0.25) is 4.79 Å². The van der Waals surface area contributed by atoms with Crippen molar-refractivity contribution in [2.75, 3.05) is 18.4 Å². The molecule has 5 nitrogen and oxygen atoms in total. The second-order valence-corrected chi connectivity index (χ2v) is 5.41. The topological polar surface area (TPSA) is 69.6 Å². The first-order valence-electron chi connectivity index (χ1n) is 6.83. The lowest BCUT2D eigenvalue weighted by Crippen LogP contribution is -2.38. The van der Waals surface area contributed by atoms with Gasteiger partial charge in [-0.05, 0) is 37.5 Å². The van der Waals surface area contributed by atoms with Gasteiger partial charge in [-0.25, -0.2) is 4.79 Å². The smallest absolute Gasteiger partial charge is 0.321 e. The number of carbonyl (C=O) groups is 2. The minimum absolute atomic E-state index is 0.229. The Bertz CT molecular complexity index is 530. The van der Waals surface area contributed by atoms with Crippen LogP contribution in [0.25, 0.3) is 0 Å². The fourth-order valence-corrected chi connectivity index (χ4v) is 2.59. The van der Waals surface area contributed by atoms with E-state index in [0.717, 1.165) is 11.3 Å². The summed E-state index contributed by atoms with van der Waals surface area (Å²) in [4.78, 5) is 25.1. The van der Waals surface area contributed by atoms with E-state index in [1.54, 1.807) is 4.90 Å². The second kappa shape index (κ2) is 5.53. The Kier molecular flexibility index (Phi) is 3.97. The molecule has 1 atom stereocenters. The van der Waals surface area contributed by atoms with Crippen LogP contribution >= 0.6 is 0 Å². The largest absolute Gasteiger partial charge is 0.481 e. The van der Waals surface area contributed by atoms with Crippen LogP contribution < -0.4 is 5.32 Å². The van der Waals surface area contributed by atoms with Crippen LogP contribution in [-0.2, 0) is 4.79 Å². The molecular weight excluding hydrogens is 256 g/mol. The Balaban J connectivity index is 2.03. The van der Waals surface area contributed by atoms with Gasteiger partial charge in [0.2, 0.25) is 0 Å². The molecule has 0 bridgehead atoms. The van der Waals surface area contributed by atoms with Gasteiger partial charge in [-0.2, -0.15) is 0 Å². The third-order valence-corrected chi connectivity index (χ3v) is 4.04. The van der Waals surface area contributed by atoms with Crippen LogP contribution in [0.1, 0.15) is 25.3 Å². The standard InChI is InChI=1S/C15H20N2O3/c1-3-15(13(18)19)7-8-17(10-15)14(20)16-12-6-4-5-11(2)9-12/h4-6,9H,3,7-8,10H2,1-2H3,(H,16,20)(H,18,19). The Morgan fingerprint density at radius 2 is 2.20 bits per heavy atom. The van der Waals surface area contributed by atoms with E-state index < -0.39 is 11.4 Å². The number of aryl methyl sites for hydroxylation is 1. The van der Waals surface area contributed by atoms with Gasteiger partial charge >= 0.3 is 12.0 Å². The van der Waals surface area contributed by atoms with Crippen molar-refractivity contribution in [3.8, 4) is 0 Å². The van der Waals surface area contributed by atoms with Crippen molar-refractivity contribution >= 4 is 17.7 Å². The van der Waals surface area contributed by atoms with E-state index in [9.17, 15) is 14.7 Å². The molecule has 2 amide bonds. The fraction of sp³-hybridized carbons (Fsp3) is 0.467. The van der Waals surface area contributed by atoms with Crippen LogP contribution in [0, 0.1) is 12.3 Å². The molecule has 1 fully saturated rings. The zero-order chi connectivity index (χ0) is 14.8. The number of hydrogen-bond acceptors (Lipinski definition) is 2.